The van der Waals surface area contributed by atoms with Crippen molar-refractivity contribution in [3.8, 4) is 0 Å². The van der Waals surface area contributed by atoms with Crippen LogP contribution in [0.4, 0.5) is 28.8 Å². The number of rotatable bonds is 15. The highest BCUT2D eigenvalue weighted by Crippen LogP contribution is 2.31. The Bertz CT molecular complexity index is 2480. The van der Waals surface area contributed by atoms with Gasteiger partial charge in [0.1, 0.15) is 17.9 Å². The van der Waals surface area contributed by atoms with Gasteiger partial charge in [-0.1, -0.05) is 30.7 Å². The van der Waals surface area contributed by atoms with Gasteiger partial charge in [0.2, 0.25) is 33.7 Å². The quantitative estimate of drug-likeness (QED) is 0.0812. The van der Waals surface area contributed by atoms with Gasteiger partial charge in [0.25, 0.3) is 11.8 Å². The molecule has 2 fully saturated rings. The van der Waals surface area contributed by atoms with Crippen LogP contribution in [0.25, 0.3) is 0 Å². The maximum atomic E-state index is 13.6. The standard InChI is InChI=1S/C45H54N10O7S/c1-29-28-47-44(51-40(29)48-31-11-10-12-33(27-31)63(61,62)52-45(2,3)4)49-30-16-18-32(19-17-30)53-23-25-54(26-24-53)38(57)15-6-5-9-22-46-39-34-13-7-8-14-35(34)42(59)55(43(39)60)36-20-21-37(56)50-41(36)58/h7-8,10-14,16-19,27-28,36,39,46,52H,5-6,9,15,20-26H2,1-4H3,(H,50,56,58)(H2,47,48,49,51). The number of aryl methyl sites for hydroxylation is 1. The van der Waals surface area contributed by atoms with Gasteiger partial charge in [0.05, 0.1) is 4.90 Å². The molecule has 332 valence electrons. The van der Waals surface area contributed by atoms with Gasteiger partial charge in [-0.05, 0) is 108 Å². The fourth-order valence-corrected chi connectivity index (χ4v) is 9.38. The summed E-state index contributed by atoms with van der Waals surface area (Å²) in [5.41, 5.74) is 3.46. The molecule has 63 heavy (non-hydrogen) atoms. The molecule has 0 spiro atoms. The van der Waals surface area contributed by atoms with Gasteiger partial charge in [-0.3, -0.25) is 34.2 Å². The zero-order valence-corrected chi connectivity index (χ0v) is 36.8. The molecule has 17 nitrogen and oxygen atoms in total. The predicted octanol–water partition coefficient (Wildman–Crippen LogP) is 4.68. The number of nitrogens with one attached hydrogen (secondary N) is 5. The number of unbranched alkanes of at least 4 members (excludes halogenated alkanes) is 2. The van der Waals surface area contributed by atoms with Crippen LogP contribution < -0.4 is 30.9 Å². The summed E-state index contributed by atoms with van der Waals surface area (Å²) in [4.78, 5) is 78.8. The van der Waals surface area contributed by atoms with Crippen LogP contribution in [0.3, 0.4) is 0 Å². The van der Waals surface area contributed by atoms with Crippen molar-refractivity contribution < 1.29 is 32.4 Å². The van der Waals surface area contributed by atoms with E-state index in [1.165, 1.54) is 0 Å². The number of imide groups is 2. The molecular weight excluding hydrogens is 825 g/mol. The Balaban J connectivity index is 0.843. The third-order valence-electron chi connectivity index (χ3n) is 11.1. The molecule has 4 aromatic rings. The Hall–Kier alpha value is -6.24. The summed E-state index contributed by atoms with van der Waals surface area (Å²) in [7, 11) is -3.72. The second kappa shape index (κ2) is 19.0. The van der Waals surface area contributed by atoms with Gasteiger partial charge in [-0.2, -0.15) is 4.98 Å². The van der Waals surface area contributed by atoms with Crippen molar-refractivity contribution >= 4 is 68.4 Å². The van der Waals surface area contributed by atoms with E-state index >= 15 is 0 Å². The van der Waals surface area contributed by atoms with Crippen LogP contribution in [0.5, 0.6) is 0 Å². The minimum Gasteiger partial charge on any atom is -0.368 e. The number of amides is 5. The van der Waals surface area contributed by atoms with Crippen LogP contribution >= 0.6 is 0 Å². The van der Waals surface area contributed by atoms with Crippen molar-refractivity contribution in [1.82, 2.24) is 35.1 Å². The Morgan fingerprint density at radius 3 is 2.35 bits per heavy atom. The number of carbonyl (C=O) groups excluding carboxylic acids is 5. The fourth-order valence-electron chi connectivity index (χ4n) is 7.92. The average molecular weight is 879 g/mol. The molecule has 0 saturated carbocycles. The zero-order valence-electron chi connectivity index (χ0n) is 35.9. The monoisotopic (exact) mass is 878 g/mol. The van der Waals surface area contributed by atoms with Crippen LogP contribution in [-0.4, -0.2) is 102 Å². The molecule has 4 heterocycles. The van der Waals surface area contributed by atoms with Crippen molar-refractivity contribution in [2.45, 2.75) is 88.7 Å². The minimum atomic E-state index is -3.72. The number of fused-ring (bicyclic) bond motifs is 1. The summed E-state index contributed by atoms with van der Waals surface area (Å²) in [5.74, 6) is -1.10. The molecule has 0 radical (unpaired) electrons. The van der Waals surface area contributed by atoms with E-state index in [0.717, 1.165) is 28.3 Å². The Morgan fingerprint density at radius 1 is 0.873 bits per heavy atom. The lowest BCUT2D eigenvalue weighted by atomic mass is 9.91. The van der Waals surface area contributed by atoms with Gasteiger partial charge < -0.3 is 25.8 Å². The second-order valence-corrected chi connectivity index (χ2v) is 18.7. The third-order valence-corrected chi connectivity index (χ3v) is 12.8. The number of hydrogen-bond donors (Lipinski definition) is 5. The van der Waals surface area contributed by atoms with Crippen molar-refractivity contribution in [1.29, 1.82) is 0 Å². The molecule has 18 heteroatoms. The van der Waals surface area contributed by atoms with E-state index in [4.69, 9.17) is 0 Å². The number of piperidine rings is 1. The Labute approximate surface area is 367 Å². The number of hydrogen-bond acceptors (Lipinski definition) is 13. The van der Waals surface area contributed by atoms with E-state index in [1.807, 2.05) is 36.1 Å². The topological polar surface area (TPSA) is 215 Å². The maximum absolute atomic E-state index is 13.6. The van der Waals surface area contributed by atoms with Crippen molar-refractivity contribution in [3.05, 3.63) is 95.7 Å². The van der Waals surface area contributed by atoms with Gasteiger partial charge >= 0.3 is 0 Å². The van der Waals surface area contributed by atoms with Crippen molar-refractivity contribution in [2.24, 2.45) is 0 Å². The third kappa shape index (κ3) is 10.9. The first-order valence-electron chi connectivity index (χ1n) is 21.2. The molecule has 0 bridgehead atoms. The lowest BCUT2D eigenvalue weighted by Gasteiger charge is -2.38. The number of anilines is 5. The van der Waals surface area contributed by atoms with Gasteiger partial charge in [-0.25, -0.2) is 18.1 Å². The van der Waals surface area contributed by atoms with Crippen LogP contribution in [0.2, 0.25) is 0 Å². The zero-order chi connectivity index (χ0) is 44.9. The van der Waals surface area contributed by atoms with Crippen molar-refractivity contribution in [3.63, 3.8) is 0 Å². The summed E-state index contributed by atoms with van der Waals surface area (Å²) in [6, 6.07) is 19.5. The average Bonchev–Trinajstić information content (AvgIpc) is 3.24. The van der Waals surface area contributed by atoms with Gasteiger partial charge in [0.15, 0.2) is 0 Å². The molecule has 5 amide bonds. The van der Waals surface area contributed by atoms with Crippen LogP contribution in [0.15, 0.2) is 83.9 Å². The summed E-state index contributed by atoms with van der Waals surface area (Å²) in [6.45, 7) is 10.3. The summed E-state index contributed by atoms with van der Waals surface area (Å²) in [5, 5.41) is 12.0. The highest BCUT2D eigenvalue weighted by Gasteiger charge is 2.45. The highest BCUT2D eigenvalue weighted by atomic mass is 32.2. The number of nitrogens with zero attached hydrogens (tertiary/aromatic N) is 5. The molecule has 2 unspecified atom stereocenters. The second-order valence-electron chi connectivity index (χ2n) is 17.0. The molecule has 3 aliphatic heterocycles. The Kier molecular flexibility index (Phi) is 13.5. The first-order chi connectivity index (χ1) is 30.1. The molecular formula is C45H54N10O7S. The van der Waals surface area contributed by atoms with E-state index in [1.54, 1.807) is 75.5 Å². The van der Waals surface area contributed by atoms with Gasteiger partial charge in [0, 0.05) is 78.9 Å². The van der Waals surface area contributed by atoms with E-state index in [2.05, 4.69) is 40.9 Å². The summed E-state index contributed by atoms with van der Waals surface area (Å²) >= 11 is 0. The summed E-state index contributed by atoms with van der Waals surface area (Å²) < 4.78 is 28.5. The van der Waals surface area contributed by atoms with Gasteiger partial charge in [-0.15, -0.1) is 0 Å². The number of carbonyl (C=O) groups is 5. The van der Waals surface area contributed by atoms with Crippen LogP contribution in [0.1, 0.15) is 86.8 Å². The normalized spacial score (nSPS) is 18.3. The molecule has 1 aromatic heterocycles. The lowest BCUT2D eigenvalue weighted by molar-refractivity contribution is -0.144. The van der Waals surface area contributed by atoms with Crippen molar-refractivity contribution in [2.75, 3.05) is 48.3 Å². The number of aromatic nitrogens is 2. The molecule has 3 aromatic carbocycles. The molecule has 3 aliphatic rings. The first-order valence-corrected chi connectivity index (χ1v) is 22.7. The van der Waals surface area contributed by atoms with E-state index in [-0.39, 0.29) is 23.6 Å². The van der Waals surface area contributed by atoms with E-state index < -0.39 is 51.3 Å². The number of benzene rings is 3. The molecule has 0 aliphatic carbocycles. The smallest absolute Gasteiger partial charge is 0.261 e. The molecule has 2 saturated heterocycles. The number of piperazine rings is 1. The minimum absolute atomic E-state index is 0.0519. The molecule has 5 N–H and O–H groups in total. The lowest BCUT2D eigenvalue weighted by Crippen LogP contribution is -2.60. The molecule has 7 rings (SSSR count). The Morgan fingerprint density at radius 2 is 1.62 bits per heavy atom. The SMILES string of the molecule is Cc1cnc(Nc2ccc(N3CCN(C(=O)CCCCCNC4C(=O)N(C5CCC(=O)NC5=O)C(=O)c5ccccc54)CC3)cc2)nc1Nc1cccc(S(=O)(=O)NC(C)(C)C)c1. The fraction of sp³-hybridized carbons (Fsp3) is 0.400. The maximum Gasteiger partial charge on any atom is 0.261 e. The predicted molar refractivity (Wildman–Crippen MR) is 238 cm³/mol. The van der Waals surface area contributed by atoms with Crippen LogP contribution in [0, 0.1) is 6.92 Å². The summed E-state index contributed by atoms with van der Waals surface area (Å²) in [6.07, 6.45) is 4.42. The first kappa shape index (κ1) is 44.8. The van der Waals surface area contributed by atoms with Crippen LogP contribution in [-0.2, 0) is 29.2 Å². The van der Waals surface area contributed by atoms with E-state index in [9.17, 15) is 32.4 Å². The largest absolute Gasteiger partial charge is 0.368 e. The molecule has 2 atom stereocenters. The highest BCUT2D eigenvalue weighted by molar-refractivity contribution is 7.89. The van der Waals surface area contributed by atoms with E-state index in [0.29, 0.717) is 80.6 Å². The number of sulfonamides is 1.